The first-order valence-electron chi connectivity index (χ1n) is 5.48. The molecule has 0 bridgehead atoms. The summed E-state index contributed by atoms with van der Waals surface area (Å²) in [5.74, 6) is 0. The molecule has 1 aromatic rings. The number of aryl methyl sites for hydroxylation is 1. The lowest BCUT2D eigenvalue weighted by atomic mass is 10.1. The number of hydrogen-bond acceptors (Lipinski definition) is 2. The van der Waals surface area contributed by atoms with E-state index >= 15 is 0 Å². The molecule has 0 saturated carbocycles. The van der Waals surface area contributed by atoms with E-state index in [0.717, 1.165) is 30.5 Å². The van der Waals surface area contributed by atoms with E-state index < -0.39 is 6.03 Å². The Labute approximate surface area is 96.2 Å². The van der Waals surface area contributed by atoms with E-state index in [0.29, 0.717) is 6.54 Å². The fourth-order valence-electron chi connectivity index (χ4n) is 1.63. The number of urea groups is 1. The van der Waals surface area contributed by atoms with Gasteiger partial charge in [0.1, 0.15) is 0 Å². The van der Waals surface area contributed by atoms with Crippen molar-refractivity contribution >= 4 is 11.7 Å². The molecule has 0 heterocycles. The zero-order valence-electron chi connectivity index (χ0n) is 9.65. The molecule has 0 aromatic heterocycles. The molecule has 88 valence electrons. The van der Waals surface area contributed by atoms with Gasteiger partial charge in [-0.05, 0) is 37.4 Å². The number of primary amides is 1. The number of para-hydroxylation sites is 1. The van der Waals surface area contributed by atoms with E-state index in [1.807, 2.05) is 24.3 Å². The van der Waals surface area contributed by atoms with Crippen molar-refractivity contribution in [2.75, 3.05) is 18.5 Å². The van der Waals surface area contributed by atoms with Gasteiger partial charge in [-0.25, -0.2) is 4.79 Å². The predicted octanol–water partition coefficient (Wildman–Crippen LogP) is 1.48. The normalized spacial score (nSPS) is 10.1. The molecule has 0 atom stereocenters. The molecule has 4 heteroatoms. The minimum atomic E-state index is -0.439. The van der Waals surface area contributed by atoms with Gasteiger partial charge in [-0.3, -0.25) is 4.90 Å². The molecular weight excluding hydrogens is 202 g/mol. The maximum absolute atomic E-state index is 11.1. The Balaban J connectivity index is 2.79. The SMILES string of the molecule is CN(C(N)=O)c1ccccc1CCCCN. The third-order valence-corrected chi connectivity index (χ3v) is 2.58. The van der Waals surface area contributed by atoms with Crippen LogP contribution in [0.1, 0.15) is 18.4 Å². The van der Waals surface area contributed by atoms with Crippen molar-refractivity contribution in [3.63, 3.8) is 0 Å². The van der Waals surface area contributed by atoms with Crippen molar-refractivity contribution in [3.8, 4) is 0 Å². The maximum Gasteiger partial charge on any atom is 0.319 e. The van der Waals surface area contributed by atoms with E-state index in [9.17, 15) is 4.79 Å². The van der Waals surface area contributed by atoms with Crippen molar-refractivity contribution in [2.24, 2.45) is 11.5 Å². The third kappa shape index (κ3) is 3.24. The Morgan fingerprint density at radius 2 is 2.00 bits per heavy atom. The van der Waals surface area contributed by atoms with Crippen molar-refractivity contribution in [3.05, 3.63) is 29.8 Å². The van der Waals surface area contributed by atoms with Crippen LogP contribution in [0.15, 0.2) is 24.3 Å². The van der Waals surface area contributed by atoms with Gasteiger partial charge in [-0.15, -0.1) is 0 Å². The molecule has 1 rings (SSSR count). The molecule has 0 spiro atoms. The first-order chi connectivity index (χ1) is 7.66. The zero-order chi connectivity index (χ0) is 12.0. The van der Waals surface area contributed by atoms with Crippen LogP contribution in [0.25, 0.3) is 0 Å². The molecule has 0 aliphatic carbocycles. The van der Waals surface area contributed by atoms with Crippen LogP contribution in [-0.2, 0) is 6.42 Å². The highest BCUT2D eigenvalue weighted by molar-refractivity contribution is 5.90. The minimum Gasteiger partial charge on any atom is -0.351 e. The number of nitrogens with two attached hydrogens (primary N) is 2. The fourth-order valence-corrected chi connectivity index (χ4v) is 1.63. The summed E-state index contributed by atoms with van der Waals surface area (Å²) in [6.45, 7) is 0.702. The number of hydrogen-bond donors (Lipinski definition) is 2. The summed E-state index contributed by atoms with van der Waals surface area (Å²) in [5.41, 5.74) is 12.7. The van der Waals surface area contributed by atoms with Gasteiger partial charge >= 0.3 is 6.03 Å². The number of anilines is 1. The highest BCUT2D eigenvalue weighted by Crippen LogP contribution is 2.20. The van der Waals surface area contributed by atoms with Gasteiger partial charge in [0.25, 0.3) is 0 Å². The second kappa shape index (κ2) is 6.12. The van der Waals surface area contributed by atoms with Gasteiger partial charge in [-0.1, -0.05) is 18.2 Å². The summed E-state index contributed by atoms with van der Waals surface area (Å²) in [4.78, 5) is 12.6. The predicted molar refractivity (Wildman–Crippen MR) is 66.4 cm³/mol. The standard InChI is InChI=1S/C12H19N3O/c1-15(12(14)16)11-8-3-2-6-10(11)7-4-5-9-13/h2-3,6,8H,4-5,7,9,13H2,1H3,(H2,14,16). The lowest BCUT2D eigenvalue weighted by Gasteiger charge is -2.18. The van der Waals surface area contributed by atoms with E-state index in [1.54, 1.807) is 7.05 Å². The van der Waals surface area contributed by atoms with Crippen molar-refractivity contribution in [2.45, 2.75) is 19.3 Å². The van der Waals surface area contributed by atoms with E-state index in [-0.39, 0.29) is 0 Å². The zero-order valence-corrected chi connectivity index (χ0v) is 9.65. The quantitative estimate of drug-likeness (QED) is 0.739. The molecule has 4 N–H and O–H groups in total. The monoisotopic (exact) mass is 221 g/mol. The smallest absolute Gasteiger partial charge is 0.319 e. The number of rotatable bonds is 5. The van der Waals surface area contributed by atoms with Gasteiger partial charge in [0.15, 0.2) is 0 Å². The Hall–Kier alpha value is -1.55. The molecule has 2 amide bonds. The third-order valence-electron chi connectivity index (χ3n) is 2.58. The van der Waals surface area contributed by atoms with Crippen LogP contribution in [0.3, 0.4) is 0 Å². The highest BCUT2D eigenvalue weighted by Gasteiger charge is 2.10. The molecule has 0 aliphatic rings. The number of carbonyl (C=O) groups excluding carboxylic acids is 1. The molecule has 0 fully saturated rings. The number of unbranched alkanes of at least 4 members (excludes halogenated alkanes) is 1. The maximum atomic E-state index is 11.1. The van der Waals surface area contributed by atoms with Gasteiger partial charge in [-0.2, -0.15) is 0 Å². The van der Waals surface area contributed by atoms with Crippen molar-refractivity contribution in [1.82, 2.24) is 0 Å². The molecule has 0 radical (unpaired) electrons. The van der Waals surface area contributed by atoms with Crippen LogP contribution in [0.5, 0.6) is 0 Å². The van der Waals surface area contributed by atoms with Gasteiger partial charge in [0.2, 0.25) is 0 Å². The van der Waals surface area contributed by atoms with Crippen molar-refractivity contribution in [1.29, 1.82) is 0 Å². The number of benzene rings is 1. The number of amides is 2. The molecule has 1 aromatic carbocycles. The second-order valence-electron chi connectivity index (χ2n) is 3.77. The van der Waals surface area contributed by atoms with Crippen LogP contribution in [0, 0.1) is 0 Å². The Morgan fingerprint density at radius 1 is 1.31 bits per heavy atom. The molecular formula is C12H19N3O. The molecule has 0 unspecified atom stereocenters. The van der Waals surface area contributed by atoms with E-state index in [4.69, 9.17) is 11.5 Å². The summed E-state index contributed by atoms with van der Waals surface area (Å²) < 4.78 is 0. The van der Waals surface area contributed by atoms with E-state index in [2.05, 4.69) is 0 Å². The van der Waals surface area contributed by atoms with Gasteiger partial charge in [0.05, 0.1) is 0 Å². The molecule has 0 saturated heterocycles. The average molecular weight is 221 g/mol. The second-order valence-corrected chi connectivity index (χ2v) is 3.77. The average Bonchev–Trinajstić information content (AvgIpc) is 2.29. The highest BCUT2D eigenvalue weighted by atomic mass is 16.2. The Kier molecular flexibility index (Phi) is 4.79. The van der Waals surface area contributed by atoms with Crippen LogP contribution < -0.4 is 16.4 Å². The van der Waals surface area contributed by atoms with Crippen LogP contribution >= 0.6 is 0 Å². The van der Waals surface area contributed by atoms with E-state index in [1.165, 1.54) is 4.90 Å². The summed E-state index contributed by atoms with van der Waals surface area (Å²) >= 11 is 0. The van der Waals surface area contributed by atoms with Crippen LogP contribution in [0.2, 0.25) is 0 Å². The van der Waals surface area contributed by atoms with Gasteiger partial charge in [0, 0.05) is 12.7 Å². The van der Waals surface area contributed by atoms with Crippen LogP contribution in [-0.4, -0.2) is 19.6 Å². The molecule has 4 nitrogen and oxygen atoms in total. The molecule has 16 heavy (non-hydrogen) atoms. The first-order valence-corrected chi connectivity index (χ1v) is 5.48. The lowest BCUT2D eigenvalue weighted by molar-refractivity contribution is 0.255. The summed E-state index contributed by atoms with van der Waals surface area (Å²) in [6.07, 6.45) is 2.94. The minimum absolute atomic E-state index is 0.439. The summed E-state index contributed by atoms with van der Waals surface area (Å²) in [5, 5.41) is 0. The Morgan fingerprint density at radius 3 is 2.62 bits per heavy atom. The largest absolute Gasteiger partial charge is 0.351 e. The Bertz CT molecular complexity index is 352. The van der Waals surface area contributed by atoms with Crippen LogP contribution in [0.4, 0.5) is 10.5 Å². The summed E-state index contributed by atoms with van der Waals surface area (Å²) in [7, 11) is 1.68. The summed E-state index contributed by atoms with van der Waals surface area (Å²) in [6, 6.07) is 7.36. The topological polar surface area (TPSA) is 72.3 Å². The van der Waals surface area contributed by atoms with Gasteiger partial charge < -0.3 is 11.5 Å². The van der Waals surface area contributed by atoms with Crippen molar-refractivity contribution < 1.29 is 4.79 Å². The first kappa shape index (κ1) is 12.5. The number of nitrogens with zero attached hydrogens (tertiary/aromatic N) is 1. The number of carbonyl (C=O) groups is 1. The fraction of sp³-hybridized carbons (Fsp3) is 0.417. The molecule has 0 aliphatic heterocycles. The lowest BCUT2D eigenvalue weighted by Crippen LogP contribution is -2.32.